The summed E-state index contributed by atoms with van der Waals surface area (Å²) >= 11 is 5.26. The van der Waals surface area contributed by atoms with Crippen LogP contribution in [0.3, 0.4) is 0 Å². The van der Waals surface area contributed by atoms with Gasteiger partial charge >= 0.3 is 0 Å². The molecule has 90 valence electrons. The summed E-state index contributed by atoms with van der Waals surface area (Å²) in [6.07, 6.45) is 0. The van der Waals surface area contributed by atoms with Gasteiger partial charge in [0.15, 0.2) is 5.11 Å². The summed E-state index contributed by atoms with van der Waals surface area (Å²) in [6, 6.07) is 0. The van der Waals surface area contributed by atoms with Crippen LogP contribution in [0.1, 0.15) is 23.9 Å². The average Bonchev–Trinajstić information content (AvgIpc) is 2.45. The van der Waals surface area contributed by atoms with E-state index in [0.717, 1.165) is 23.9 Å². The maximum Gasteiger partial charge on any atom is 0.168 e. The summed E-state index contributed by atoms with van der Waals surface area (Å²) in [5, 5.41) is 8.32. The van der Waals surface area contributed by atoms with Crippen molar-refractivity contribution in [2.45, 2.75) is 27.3 Å². The highest BCUT2D eigenvalue weighted by atomic mass is 32.1. The highest BCUT2D eigenvalue weighted by molar-refractivity contribution is 7.80. The third-order valence-corrected chi connectivity index (χ3v) is 3.18. The smallest absolute Gasteiger partial charge is 0.168 e. The predicted molar refractivity (Wildman–Crippen MR) is 70.4 cm³/mol. The minimum atomic E-state index is 0.783. The summed E-state index contributed by atoms with van der Waals surface area (Å²) in [5.74, 6) is 0. The lowest BCUT2D eigenvalue weighted by molar-refractivity contribution is 0.488. The lowest BCUT2D eigenvalue weighted by atomic mass is 10.2. The summed E-state index contributed by atoms with van der Waals surface area (Å²) < 4.78 is 1.91. The molecule has 0 aromatic carbocycles. The Morgan fingerprint density at radius 1 is 1.50 bits per heavy atom. The minimum absolute atomic E-state index is 0.783. The number of aryl methyl sites for hydroxylation is 2. The van der Waals surface area contributed by atoms with Crippen molar-refractivity contribution in [3.8, 4) is 0 Å². The lowest BCUT2D eigenvalue weighted by Crippen LogP contribution is -2.36. The van der Waals surface area contributed by atoms with Crippen molar-refractivity contribution in [3.05, 3.63) is 17.0 Å². The topological polar surface area (TPSA) is 33.1 Å². The van der Waals surface area contributed by atoms with Gasteiger partial charge in [-0.15, -0.1) is 0 Å². The Bertz CT molecular complexity index is 384. The van der Waals surface area contributed by atoms with Crippen LogP contribution in [0.5, 0.6) is 0 Å². The van der Waals surface area contributed by atoms with Gasteiger partial charge in [0.05, 0.1) is 5.69 Å². The fourth-order valence-electron chi connectivity index (χ4n) is 1.64. The van der Waals surface area contributed by atoms with E-state index in [4.69, 9.17) is 12.2 Å². The van der Waals surface area contributed by atoms with E-state index in [1.165, 1.54) is 11.3 Å². The van der Waals surface area contributed by atoms with Crippen molar-refractivity contribution in [2.24, 2.45) is 7.05 Å². The number of aromatic nitrogens is 2. The van der Waals surface area contributed by atoms with Crippen LogP contribution < -0.4 is 5.32 Å². The minimum Gasteiger partial charge on any atom is -0.363 e. The first-order valence-corrected chi connectivity index (χ1v) is 5.86. The van der Waals surface area contributed by atoms with Crippen molar-refractivity contribution >= 4 is 17.3 Å². The molecule has 0 bridgehead atoms. The number of nitrogens with zero attached hydrogens (tertiary/aromatic N) is 3. The average molecular weight is 240 g/mol. The normalized spacial score (nSPS) is 10.3. The van der Waals surface area contributed by atoms with Crippen LogP contribution in [-0.2, 0) is 13.6 Å². The van der Waals surface area contributed by atoms with Crippen molar-refractivity contribution in [2.75, 3.05) is 13.6 Å². The molecule has 1 N–H and O–H groups in total. The van der Waals surface area contributed by atoms with Crippen LogP contribution in [-0.4, -0.2) is 33.4 Å². The van der Waals surface area contributed by atoms with Crippen LogP contribution >= 0.6 is 12.2 Å². The molecular weight excluding hydrogens is 220 g/mol. The molecule has 0 aliphatic carbocycles. The summed E-state index contributed by atoms with van der Waals surface area (Å²) in [5.41, 5.74) is 3.53. The first kappa shape index (κ1) is 13.0. The van der Waals surface area contributed by atoms with Crippen LogP contribution in [0.4, 0.5) is 0 Å². The fourth-order valence-corrected chi connectivity index (χ4v) is 1.85. The molecular formula is C11H20N4S. The predicted octanol–water partition coefficient (Wildman–Crippen LogP) is 1.36. The van der Waals surface area contributed by atoms with Crippen LogP contribution in [0.25, 0.3) is 0 Å². The molecule has 1 aromatic rings. The third kappa shape index (κ3) is 2.72. The Morgan fingerprint density at radius 3 is 2.56 bits per heavy atom. The van der Waals surface area contributed by atoms with E-state index in [0.29, 0.717) is 0 Å². The number of rotatable bonds is 3. The number of nitrogens with one attached hydrogen (secondary N) is 1. The van der Waals surface area contributed by atoms with E-state index in [-0.39, 0.29) is 0 Å². The van der Waals surface area contributed by atoms with Crippen LogP contribution in [0.2, 0.25) is 0 Å². The van der Waals surface area contributed by atoms with Gasteiger partial charge < -0.3 is 10.2 Å². The summed E-state index contributed by atoms with van der Waals surface area (Å²) in [6.45, 7) is 7.82. The van der Waals surface area contributed by atoms with Gasteiger partial charge in [-0.1, -0.05) is 0 Å². The fraction of sp³-hybridized carbons (Fsp3) is 0.636. The molecule has 0 aliphatic rings. The van der Waals surface area contributed by atoms with Crippen molar-refractivity contribution < 1.29 is 0 Å². The van der Waals surface area contributed by atoms with Crippen LogP contribution in [0.15, 0.2) is 0 Å². The Kier molecular flexibility index (Phi) is 4.29. The van der Waals surface area contributed by atoms with Gasteiger partial charge in [-0.25, -0.2) is 0 Å². The van der Waals surface area contributed by atoms with E-state index in [2.05, 4.69) is 17.3 Å². The first-order chi connectivity index (χ1) is 7.47. The Morgan fingerprint density at radius 2 is 2.12 bits per heavy atom. The second-order valence-electron chi connectivity index (χ2n) is 3.96. The lowest BCUT2D eigenvalue weighted by Gasteiger charge is -2.20. The molecule has 4 nitrogen and oxygen atoms in total. The standard InChI is InChI=1S/C11H20N4S/c1-6-12-11(16)14(4)7-10-8(2)13-15(5)9(10)3/h6-7H2,1-5H3,(H,12,16). The summed E-state index contributed by atoms with van der Waals surface area (Å²) in [7, 11) is 3.96. The quantitative estimate of drug-likeness (QED) is 0.809. The number of hydrogen-bond acceptors (Lipinski definition) is 2. The van der Waals surface area contributed by atoms with Crippen molar-refractivity contribution in [1.29, 1.82) is 0 Å². The van der Waals surface area contributed by atoms with Gasteiger partial charge in [-0.2, -0.15) is 5.10 Å². The molecule has 0 spiro atoms. The van der Waals surface area contributed by atoms with Crippen molar-refractivity contribution in [1.82, 2.24) is 20.0 Å². The molecule has 1 aromatic heterocycles. The van der Waals surface area contributed by atoms with Gasteiger partial charge in [0.2, 0.25) is 0 Å². The van der Waals surface area contributed by atoms with Gasteiger partial charge in [0, 0.05) is 38.4 Å². The van der Waals surface area contributed by atoms with E-state index in [9.17, 15) is 0 Å². The van der Waals surface area contributed by atoms with Gasteiger partial charge in [0.25, 0.3) is 0 Å². The Labute approximate surface area is 103 Å². The first-order valence-electron chi connectivity index (χ1n) is 5.45. The second-order valence-corrected chi connectivity index (χ2v) is 4.35. The number of hydrogen-bond donors (Lipinski definition) is 1. The highest BCUT2D eigenvalue weighted by Crippen LogP contribution is 2.13. The molecule has 0 aliphatic heterocycles. The summed E-state index contributed by atoms with van der Waals surface area (Å²) in [4.78, 5) is 2.04. The molecule has 0 saturated heterocycles. The van der Waals surface area contributed by atoms with E-state index < -0.39 is 0 Å². The van der Waals surface area contributed by atoms with E-state index >= 15 is 0 Å². The zero-order chi connectivity index (χ0) is 12.3. The molecule has 5 heteroatoms. The maximum atomic E-state index is 5.26. The molecule has 1 heterocycles. The highest BCUT2D eigenvalue weighted by Gasteiger charge is 2.12. The molecule has 0 fully saturated rings. The van der Waals surface area contributed by atoms with E-state index in [1.54, 1.807) is 0 Å². The zero-order valence-corrected chi connectivity index (χ0v) is 11.5. The largest absolute Gasteiger partial charge is 0.363 e. The van der Waals surface area contributed by atoms with Gasteiger partial charge in [-0.3, -0.25) is 4.68 Å². The Balaban J connectivity index is 2.76. The van der Waals surface area contributed by atoms with Gasteiger partial charge in [-0.05, 0) is 33.0 Å². The maximum absolute atomic E-state index is 5.26. The second kappa shape index (κ2) is 5.30. The molecule has 0 unspecified atom stereocenters. The monoisotopic (exact) mass is 240 g/mol. The molecule has 0 radical (unpaired) electrons. The molecule has 1 rings (SSSR count). The molecule has 16 heavy (non-hydrogen) atoms. The SMILES string of the molecule is CCNC(=S)N(C)Cc1c(C)nn(C)c1C. The Hall–Kier alpha value is -1.10. The third-order valence-electron chi connectivity index (χ3n) is 2.73. The zero-order valence-electron chi connectivity index (χ0n) is 10.7. The van der Waals surface area contributed by atoms with E-state index in [1.807, 2.05) is 37.5 Å². The van der Waals surface area contributed by atoms with Gasteiger partial charge in [0.1, 0.15) is 0 Å². The van der Waals surface area contributed by atoms with Crippen molar-refractivity contribution in [3.63, 3.8) is 0 Å². The number of thiocarbonyl (C=S) groups is 1. The molecule has 0 saturated carbocycles. The molecule has 0 amide bonds. The molecule has 0 atom stereocenters. The van der Waals surface area contributed by atoms with Crippen LogP contribution in [0, 0.1) is 13.8 Å².